The summed E-state index contributed by atoms with van der Waals surface area (Å²) in [5.74, 6) is 1.59. The zero-order chi connectivity index (χ0) is 15.4. The van der Waals surface area contributed by atoms with Crippen molar-refractivity contribution in [2.45, 2.75) is 46.1 Å². The van der Waals surface area contributed by atoms with Gasteiger partial charge in [-0.3, -0.25) is 0 Å². The molecule has 0 bridgehead atoms. The summed E-state index contributed by atoms with van der Waals surface area (Å²) in [6, 6.07) is 10.5. The summed E-state index contributed by atoms with van der Waals surface area (Å²) in [7, 11) is 0. The Morgan fingerprint density at radius 3 is 2.45 bits per heavy atom. The normalized spacial score (nSPS) is 28.3. The Labute approximate surface area is 135 Å². The molecule has 2 heteroatoms. The van der Waals surface area contributed by atoms with E-state index < -0.39 is 0 Å². The molecule has 1 saturated heterocycles. The van der Waals surface area contributed by atoms with Crippen molar-refractivity contribution in [1.82, 2.24) is 4.90 Å². The van der Waals surface area contributed by atoms with E-state index >= 15 is 0 Å². The van der Waals surface area contributed by atoms with Crippen LogP contribution in [0.3, 0.4) is 0 Å². The van der Waals surface area contributed by atoms with E-state index in [1.165, 1.54) is 50.9 Å². The monoisotopic (exact) mass is 301 g/mol. The molecule has 0 amide bonds. The first-order chi connectivity index (χ1) is 10.7. The molecule has 122 valence electrons. The molecule has 1 saturated carbocycles. The highest BCUT2D eigenvalue weighted by molar-refractivity contribution is 5.13. The number of ether oxygens (including phenoxy) is 1. The van der Waals surface area contributed by atoms with Gasteiger partial charge >= 0.3 is 0 Å². The second-order valence-corrected chi connectivity index (χ2v) is 7.81. The fourth-order valence-electron chi connectivity index (χ4n) is 4.06. The molecule has 0 unspecified atom stereocenters. The third-order valence-electron chi connectivity index (χ3n) is 6.03. The maximum absolute atomic E-state index is 5.98. The Bertz CT molecular complexity index is 450. The highest BCUT2D eigenvalue weighted by atomic mass is 16.5. The Kier molecular flexibility index (Phi) is 5.20. The summed E-state index contributed by atoms with van der Waals surface area (Å²) in [6.45, 7) is 10.5. The van der Waals surface area contributed by atoms with Crippen molar-refractivity contribution >= 4 is 0 Å². The van der Waals surface area contributed by atoms with E-state index in [9.17, 15) is 0 Å². The summed E-state index contributed by atoms with van der Waals surface area (Å²) >= 11 is 0. The SMILES string of the molecule is CC1(C)[C@@H](COCc2ccccc2)C[C@H]1CN1CCCCC1. The molecule has 3 rings (SSSR count). The fraction of sp³-hybridized carbons (Fsp3) is 0.700. The largest absolute Gasteiger partial charge is 0.376 e. The second-order valence-electron chi connectivity index (χ2n) is 7.81. The van der Waals surface area contributed by atoms with Crippen LogP contribution in [-0.2, 0) is 11.3 Å². The molecule has 1 aliphatic heterocycles. The molecule has 2 aliphatic rings. The minimum Gasteiger partial charge on any atom is -0.376 e. The van der Waals surface area contributed by atoms with Crippen molar-refractivity contribution in [2.24, 2.45) is 17.3 Å². The summed E-state index contributed by atoms with van der Waals surface area (Å²) in [5, 5.41) is 0. The average Bonchev–Trinajstić information content (AvgIpc) is 2.55. The summed E-state index contributed by atoms with van der Waals surface area (Å²) < 4.78 is 5.98. The molecule has 0 aromatic heterocycles. The highest BCUT2D eigenvalue weighted by Gasteiger charge is 2.48. The first-order valence-electron chi connectivity index (χ1n) is 9.00. The predicted octanol–water partition coefficient (Wildman–Crippen LogP) is 4.35. The smallest absolute Gasteiger partial charge is 0.0717 e. The van der Waals surface area contributed by atoms with Gasteiger partial charge in [0.2, 0.25) is 0 Å². The standard InChI is InChI=1S/C20H31NO/c1-20(2)18(14-21-11-7-4-8-12-21)13-19(20)16-22-15-17-9-5-3-6-10-17/h3,5-6,9-10,18-19H,4,7-8,11-16H2,1-2H3/t18-,19+/m0/s1. The van der Waals surface area contributed by atoms with Gasteiger partial charge in [-0.2, -0.15) is 0 Å². The fourth-order valence-corrected chi connectivity index (χ4v) is 4.06. The van der Waals surface area contributed by atoms with Gasteiger partial charge in [0.05, 0.1) is 13.2 Å². The van der Waals surface area contributed by atoms with Crippen LogP contribution in [0.1, 0.15) is 45.1 Å². The number of nitrogens with zero attached hydrogens (tertiary/aromatic N) is 1. The van der Waals surface area contributed by atoms with Gasteiger partial charge in [-0.05, 0) is 55.2 Å². The van der Waals surface area contributed by atoms with Crippen LogP contribution in [0.25, 0.3) is 0 Å². The minimum atomic E-state index is 0.439. The van der Waals surface area contributed by atoms with Crippen molar-refractivity contribution < 1.29 is 4.74 Å². The lowest BCUT2D eigenvalue weighted by atomic mass is 9.55. The number of hydrogen-bond donors (Lipinski definition) is 0. The number of rotatable bonds is 6. The highest BCUT2D eigenvalue weighted by Crippen LogP contribution is 2.51. The molecule has 1 heterocycles. The van der Waals surface area contributed by atoms with Gasteiger partial charge in [0, 0.05) is 6.54 Å². The zero-order valence-electron chi connectivity index (χ0n) is 14.3. The van der Waals surface area contributed by atoms with E-state index in [1.54, 1.807) is 0 Å². The molecule has 0 radical (unpaired) electrons. The van der Waals surface area contributed by atoms with E-state index in [2.05, 4.69) is 49.1 Å². The van der Waals surface area contributed by atoms with E-state index in [-0.39, 0.29) is 0 Å². The van der Waals surface area contributed by atoms with Crippen molar-refractivity contribution in [1.29, 1.82) is 0 Å². The third-order valence-corrected chi connectivity index (χ3v) is 6.03. The quantitative estimate of drug-likeness (QED) is 0.774. The van der Waals surface area contributed by atoms with Gasteiger partial charge in [0.25, 0.3) is 0 Å². The van der Waals surface area contributed by atoms with Crippen LogP contribution in [0.4, 0.5) is 0 Å². The molecule has 0 spiro atoms. The maximum atomic E-state index is 5.98. The third kappa shape index (κ3) is 3.72. The van der Waals surface area contributed by atoms with Gasteiger partial charge < -0.3 is 9.64 Å². The Morgan fingerprint density at radius 2 is 1.77 bits per heavy atom. The Hall–Kier alpha value is -0.860. The molecule has 2 fully saturated rings. The van der Waals surface area contributed by atoms with E-state index in [0.717, 1.165) is 25.0 Å². The summed E-state index contributed by atoms with van der Waals surface area (Å²) in [6.07, 6.45) is 5.58. The lowest BCUT2D eigenvalue weighted by Crippen LogP contribution is -2.52. The number of hydrogen-bond acceptors (Lipinski definition) is 2. The first kappa shape index (κ1) is 16.0. The van der Waals surface area contributed by atoms with E-state index in [1.807, 2.05) is 0 Å². The average molecular weight is 301 g/mol. The van der Waals surface area contributed by atoms with Crippen molar-refractivity contribution in [3.8, 4) is 0 Å². The van der Waals surface area contributed by atoms with Crippen LogP contribution in [0.15, 0.2) is 30.3 Å². The van der Waals surface area contributed by atoms with Crippen LogP contribution in [0, 0.1) is 17.3 Å². The van der Waals surface area contributed by atoms with Crippen LogP contribution < -0.4 is 0 Å². The predicted molar refractivity (Wildman–Crippen MR) is 91.8 cm³/mol. The molecule has 1 aromatic carbocycles. The topological polar surface area (TPSA) is 12.5 Å². The second kappa shape index (κ2) is 7.14. The Balaban J connectivity index is 1.40. The molecule has 0 N–H and O–H groups in total. The number of likely N-dealkylation sites (tertiary alicyclic amines) is 1. The van der Waals surface area contributed by atoms with Gasteiger partial charge in [-0.1, -0.05) is 50.6 Å². The van der Waals surface area contributed by atoms with Crippen LogP contribution >= 0.6 is 0 Å². The van der Waals surface area contributed by atoms with Gasteiger partial charge in [0.15, 0.2) is 0 Å². The zero-order valence-corrected chi connectivity index (χ0v) is 14.3. The Morgan fingerprint density at radius 1 is 1.05 bits per heavy atom. The van der Waals surface area contributed by atoms with Gasteiger partial charge in [0.1, 0.15) is 0 Å². The van der Waals surface area contributed by atoms with Gasteiger partial charge in [-0.15, -0.1) is 0 Å². The van der Waals surface area contributed by atoms with Crippen LogP contribution in [0.2, 0.25) is 0 Å². The molecular weight excluding hydrogens is 270 g/mol. The summed E-state index contributed by atoms with van der Waals surface area (Å²) in [4.78, 5) is 2.69. The first-order valence-corrected chi connectivity index (χ1v) is 9.00. The molecular formula is C20H31NO. The van der Waals surface area contributed by atoms with Crippen molar-refractivity contribution in [2.75, 3.05) is 26.2 Å². The molecule has 22 heavy (non-hydrogen) atoms. The lowest BCUT2D eigenvalue weighted by Gasteiger charge is -2.54. The molecule has 2 nitrogen and oxygen atoms in total. The number of benzene rings is 1. The van der Waals surface area contributed by atoms with Crippen molar-refractivity contribution in [3.05, 3.63) is 35.9 Å². The lowest BCUT2D eigenvalue weighted by molar-refractivity contribution is -0.0869. The van der Waals surface area contributed by atoms with Crippen LogP contribution in [-0.4, -0.2) is 31.1 Å². The number of piperidine rings is 1. The molecule has 2 atom stereocenters. The molecule has 1 aromatic rings. The van der Waals surface area contributed by atoms with Crippen molar-refractivity contribution in [3.63, 3.8) is 0 Å². The van der Waals surface area contributed by atoms with Gasteiger partial charge in [-0.25, -0.2) is 0 Å². The minimum absolute atomic E-state index is 0.439. The van der Waals surface area contributed by atoms with E-state index in [4.69, 9.17) is 4.74 Å². The maximum Gasteiger partial charge on any atom is 0.0717 e. The van der Waals surface area contributed by atoms with Crippen LogP contribution in [0.5, 0.6) is 0 Å². The molecule has 1 aliphatic carbocycles. The summed E-state index contributed by atoms with van der Waals surface area (Å²) in [5.41, 5.74) is 1.72. The van der Waals surface area contributed by atoms with E-state index in [0.29, 0.717) is 5.41 Å².